The molecule has 0 radical (unpaired) electrons. The molecule has 0 aliphatic heterocycles. The Kier molecular flexibility index (Phi) is 22.7. The van der Waals surface area contributed by atoms with Crippen molar-refractivity contribution in [3.05, 3.63) is 0 Å². The first-order chi connectivity index (χ1) is 16.0. The first-order valence-corrected chi connectivity index (χ1v) is 14.3. The van der Waals surface area contributed by atoms with Gasteiger partial charge in [0, 0.05) is 0 Å². The maximum Gasteiger partial charge on any atom is 0.369 e. The zero-order valence-corrected chi connectivity index (χ0v) is 22.0. The summed E-state index contributed by atoms with van der Waals surface area (Å²) in [6.45, 7) is 4.62. The molecule has 5 heteroatoms. The molecule has 33 heavy (non-hydrogen) atoms. The number of aliphatic hydroxyl groups is 3. The minimum Gasteiger partial charge on any atom is -0.462 e. The van der Waals surface area contributed by atoms with Gasteiger partial charge in [0.05, 0.1) is 6.61 Å². The highest BCUT2D eigenvalue weighted by molar-refractivity contribution is 5.77. The Labute approximate surface area is 204 Å². The molecule has 1 unspecified atom stereocenters. The summed E-state index contributed by atoms with van der Waals surface area (Å²) in [6.07, 6.45) is 23.6. The van der Waals surface area contributed by atoms with Crippen LogP contribution in [0.3, 0.4) is 0 Å². The highest BCUT2D eigenvalue weighted by Crippen LogP contribution is 2.18. The van der Waals surface area contributed by atoms with Crippen LogP contribution in [0.25, 0.3) is 0 Å². The van der Waals surface area contributed by atoms with Crippen LogP contribution in [-0.2, 0) is 9.53 Å². The Morgan fingerprint density at radius 3 is 1.33 bits per heavy atom. The lowest BCUT2D eigenvalue weighted by molar-refractivity contribution is -0.241. The van der Waals surface area contributed by atoms with E-state index in [-0.39, 0.29) is 13.0 Å². The second-order valence-corrected chi connectivity index (χ2v) is 9.88. The Bertz CT molecular complexity index is 425. The monoisotopic (exact) mass is 472 g/mol. The van der Waals surface area contributed by atoms with Crippen LogP contribution in [0.2, 0.25) is 0 Å². The topological polar surface area (TPSA) is 87.0 Å². The number of hydrogen-bond acceptors (Lipinski definition) is 5. The van der Waals surface area contributed by atoms with Crippen molar-refractivity contribution in [1.82, 2.24) is 0 Å². The first-order valence-electron chi connectivity index (χ1n) is 14.3. The third kappa shape index (κ3) is 19.4. The van der Waals surface area contributed by atoms with Crippen LogP contribution in [0.1, 0.15) is 155 Å². The number of ether oxygens (including phenoxy) is 1. The van der Waals surface area contributed by atoms with Gasteiger partial charge in [0.1, 0.15) is 6.10 Å². The summed E-state index contributed by atoms with van der Waals surface area (Å²) in [7, 11) is 0. The van der Waals surface area contributed by atoms with Crippen molar-refractivity contribution in [3.8, 4) is 0 Å². The fraction of sp³-hybridized carbons (Fsp3) is 0.964. The third-order valence-electron chi connectivity index (χ3n) is 6.58. The minimum atomic E-state index is -2.81. The SMILES string of the molecule is CCCCCCCCCCCCCCCC(O)C(O)(O)C(=O)OCCCCCCCCCC. The Morgan fingerprint density at radius 1 is 0.606 bits per heavy atom. The first kappa shape index (κ1) is 32.4. The molecule has 0 amide bonds. The number of esters is 1. The van der Waals surface area contributed by atoms with E-state index in [1.54, 1.807) is 0 Å². The molecule has 1 atom stereocenters. The van der Waals surface area contributed by atoms with E-state index in [9.17, 15) is 20.1 Å². The zero-order chi connectivity index (χ0) is 24.6. The van der Waals surface area contributed by atoms with Gasteiger partial charge in [0.2, 0.25) is 0 Å². The quantitative estimate of drug-likeness (QED) is 0.0743. The standard InChI is InChI=1S/C28H56O5/c1-3-5-7-9-11-13-14-15-16-17-18-20-22-24-26(29)28(31,32)27(30)33-25-23-21-19-12-10-8-6-4-2/h26,29,31-32H,3-25H2,1-2H3. The average Bonchev–Trinajstić information content (AvgIpc) is 2.80. The van der Waals surface area contributed by atoms with Crippen LogP contribution in [0.15, 0.2) is 0 Å². The molecule has 0 bridgehead atoms. The second kappa shape index (κ2) is 23.1. The van der Waals surface area contributed by atoms with Crippen molar-refractivity contribution in [2.45, 2.75) is 167 Å². The normalized spacial score (nSPS) is 12.8. The molecule has 3 N–H and O–H groups in total. The third-order valence-corrected chi connectivity index (χ3v) is 6.58. The van der Waals surface area contributed by atoms with E-state index in [4.69, 9.17) is 4.74 Å². The van der Waals surface area contributed by atoms with E-state index in [0.717, 1.165) is 25.7 Å². The molecule has 0 aromatic rings. The molecule has 0 saturated carbocycles. The van der Waals surface area contributed by atoms with Crippen LogP contribution in [0, 0.1) is 0 Å². The summed E-state index contributed by atoms with van der Waals surface area (Å²) in [6, 6.07) is 0. The zero-order valence-electron chi connectivity index (χ0n) is 22.0. The maximum atomic E-state index is 12.0. The van der Waals surface area contributed by atoms with Crippen LogP contribution < -0.4 is 0 Å². The van der Waals surface area contributed by atoms with Crippen molar-refractivity contribution in [3.63, 3.8) is 0 Å². The number of hydrogen-bond donors (Lipinski definition) is 3. The van der Waals surface area contributed by atoms with E-state index in [1.807, 2.05) is 0 Å². The molecule has 0 aromatic carbocycles. The smallest absolute Gasteiger partial charge is 0.369 e. The Morgan fingerprint density at radius 2 is 0.939 bits per heavy atom. The maximum absolute atomic E-state index is 12.0. The van der Waals surface area contributed by atoms with Crippen LogP contribution in [-0.4, -0.2) is 39.8 Å². The molecule has 0 aromatic heterocycles. The van der Waals surface area contributed by atoms with Crippen molar-refractivity contribution in [2.24, 2.45) is 0 Å². The minimum absolute atomic E-state index is 0.169. The van der Waals surface area contributed by atoms with Gasteiger partial charge < -0.3 is 20.1 Å². The summed E-state index contributed by atoms with van der Waals surface area (Å²) in [5.41, 5.74) is 0. The summed E-state index contributed by atoms with van der Waals surface area (Å²) in [4.78, 5) is 12.0. The molecule has 0 aliphatic carbocycles. The van der Waals surface area contributed by atoms with E-state index < -0.39 is 17.9 Å². The number of carbonyl (C=O) groups is 1. The van der Waals surface area contributed by atoms with Gasteiger partial charge in [0.15, 0.2) is 0 Å². The molecule has 0 spiro atoms. The Hall–Kier alpha value is -0.650. The van der Waals surface area contributed by atoms with Gasteiger partial charge in [-0.2, -0.15) is 0 Å². The predicted molar refractivity (Wildman–Crippen MR) is 137 cm³/mol. The fourth-order valence-corrected chi connectivity index (χ4v) is 4.20. The molecular formula is C28H56O5. The van der Waals surface area contributed by atoms with Gasteiger partial charge in [-0.15, -0.1) is 0 Å². The van der Waals surface area contributed by atoms with E-state index in [0.29, 0.717) is 12.8 Å². The van der Waals surface area contributed by atoms with Gasteiger partial charge >= 0.3 is 5.97 Å². The van der Waals surface area contributed by atoms with E-state index in [1.165, 1.54) is 96.3 Å². The molecule has 0 saturated heterocycles. The lowest BCUT2D eigenvalue weighted by Crippen LogP contribution is -2.50. The number of rotatable bonds is 25. The summed E-state index contributed by atoms with van der Waals surface area (Å²) in [5, 5.41) is 30.1. The van der Waals surface area contributed by atoms with E-state index >= 15 is 0 Å². The largest absolute Gasteiger partial charge is 0.462 e. The molecule has 198 valence electrons. The van der Waals surface area contributed by atoms with Crippen molar-refractivity contribution >= 4 is 5.97 Å². The summed E-state index contributed by atoms with van der Waals surface area (Å²) in [5.74, 6) is -3.94. The predicted octanol–water partition coefficient (Wildman–Crippen LogP) is 7.19. The number of aliphatic hydroxyl groups excluding tert-OH is 1. The van der Waals surface area contributed by atoms with E-state index in [2.05, 4.69) is 13.8 Å². The molecule has 5 nitrogen and oxygen atoms in total. The summed E-state index contributed by atoms with van der Waals surface area (Å²) >= 11 is 0. The highest BCUT2D eigenvalue weighted by Gasteiger charge is 2.42. The van der Waals surface area contributed by atoms with Crippen molar-refractivity contribution < 1.29 is 24.9 Å². The molecular weight excluding hydrogens is 416 g/mol. The number of unbranched alkanes of at least 4 members (excludes halogenated alkanes) is 19. The average molecular weight is 473 g/mol. The molecule has 0 heterocycles. The second-order valence-electron chi connectivity index (χ2n) is 9.88. The number of carbonyl (C=O) groups excluding carboxylic acids is 1. The van der Waals surface area contributed by atoms with Crippen LogP contribution in [0.5, 0.6) is 0 Å². The molecule has 0 aliphatic rings. The molecule has 0 fully saturated rings. The van der Waals surface area contributed by atoms with Crippen molar-refractivity contribution in [2.75, 3.05) is 6.61 Å². The van der Waals surface area contributed by atoms with Gasteiger partial charge in [-0.05, 0) is 12.8 Å². The Balaban J connectivity index is 3.62. The lowest BCUT2D eigenvalue weighted by Gasteiger charge is -2.25. The van der Waals surface area contributed by atoms with Gasteiger partial charge in [-0.1, -0.05) is 142 Å². The lowest BCUT2D eigenvalue weighted by atomic mass is 10.0. The van der Waals surface area contributed by atoms with Crippen molar-refractivity contribution in [1.29, 1.82) is 0 Å². The fourth-order valence-electron chi connectivity index (χ4n) is 4.20. The van der Waals surface area contributed by atoms with Crippen LogP contribution >= 0.6 is 0 Å². The molecule has 0 rings (SSSR count). The van der Waals surface area contributed by atoms with Gasteiger partial charge in [-0.25, -0.2) is 4.79 Å². The van der Waals surface area contributed by atoms with Crippen LogP contribution in [0.4, 0.5) is 0 Å². The van der Waals surface area contributed by atoms with Gasteiger partial charge in [0.25, 0.3) is 5.79 Å². The summed E-state index contributed by atoms with van der Waals surface area (Å²) < 4.78 is 4.99. The highest BCUT2D eigenvalue weighted by atomic mass is 16.6. The van der Waals surface area contributed by atoms with Gasteiger partial charge in [-0.3, -0.25) is 0 Å².